The monoisotopic (exact) mass is 821 g/mol. The zero-order valence-corrected chi connectivity index (χ0v) is 35.4. The van der Waals surface area contributed by atoms with E-state index in [0.717, 1.165) is 63.4 Å². The summed E-state index contributed by atoms with van der Waals surface area (Å²) in [5.41, 5.74) is -0.0691. The van der Waals surface area contributed by atoms with Crippen molar-refractivity contribution < 1.29 is 43.3 Å². The Morgan fingerprint density at radius 3 is 1.86 bits per heavy atom. The second kappa shape index (κ2) is 19.8. The summed E-state index contributed by atoms with van der Waals surface area (Å²) in [6.45, 7) is 7.40. The predicted octanol–water partition coefficient (Wildman–Crippen LogP) is 6.02. The van der Waals surface area contributed by atoms with Crippen LogP contribution < -0.4 is 16.0 Å². The third kappa shape index (κ3) is 13.1. The van der Waals surface area contributed by atoms with E-state index < -0.39 is 35.5 Å². The highest BCUT2D eigenvalue weighted by Gasteiger charge is 2.52. The molecule has 0 aromatic heterocycles. The number of ether oxygens (including phenoxy) is 2. The van der Waals surface area contributed by atoms with Gasteiger partial charge < -0.3 is 40.3 Å². The highest BCUT2D eigenvalue weighted by atomic mass is 16.6. The third-order valence-corrected chi connectivity index (χ3v) is 13.5. The van der Waals surface area contributed by atoms with Gasteiger partial charge in [0.25, 0.3) is 0 Å². The first kappa shape index (κ1) is 44.2. The maximum Gasteiger partial charge on any atom is 0.410 e. The number of piperidine rings is 2. The number of amides is 5. The minimum Gasteiger partial charge on any atom is -0.465 e. The molecule has 14 nitrogen and oxygen atoms in total. The van der Waals surface area contributed by atoms with E-state index in [1.54, 1.807) is 4.90 Å². The van der Waals surface area contributed by atoms with Gasteiger partial charge in [-0.1, -0.05) is 30.3 Å². The Kier molecular flexibility index (Phi) is 14.8. The van der Waals surface area contributed by atoms with Crippen molar-refractivity contribution in [1.29, 1.82) is 0 Å². The molecule has 1 aromatic carbocycles. The summed E-state index contributed by atoms with van der Waals surface area (Å²) in [5, 5.41) is 18.3. The molecule has 6 fully saturated rings. The molecule has 6 aliphatic rings. The molecular weight excluding hydrogens is 755 g/mol. The number of hydrogen-bond acceptors (Lipinski definition) is 8. The van der Waals surface area contributed by atoms with Crippen LogP contribution in [-0.2, 0) is 35.3 Å². The summed E-state index contributed by atoms with van der Waals surface area (Å²) in [7, 11) is 0. The minimum atomic E-state index is -1.16. The molecule has 4 bridgehead atoms. The van der Waals surface area contributed by atoms with Gasteiger partial charge >= 0.3 is 18.2 Å². The fourth-order valence-electron chi connectivity index (χ4n) is 10.8. The van der Waals surface area contributed by atoms with Crippen LogP contribution in [0.5, 0.6) is 0 Å². The lowest BCUT2D eigenvalue weighted by Crippen LogP contribution is -2.63. The second-order valence-corrected chi connectivity index (χ2v) is 19.4. The van der Waals surface area contributed by atoms with Crippen LogP contribution in [0.3, 0.4) is 0 Å². The Labute approximate surface area is 349 Å². The molecule has 0 radical (unpaired) electrons. The van der Waals surface area contributed by atoms with Crippen molar-refractivity contribution in [1.82, 2.24) is 25.8 Å². The zero-order valence-electron chi connectivity index (χ0n) is 35.4. The van der Waals surface area contributed by atoms with Crippen LogP contribution in [0.1, 0.15) is 123 Å². The van der Waals surface area contributed by atoms with Crippen LogP contribution in [0.15, 0.2) is 30.3 Å². The molecule has 326 valence electrons. The van der Waals surface area contributed by atoms with E-state index in [0.29, 0.717) is 68.6 Å². The van der Waals surface area contributed by atoms with Gasteiger partial charge in [0, 0.05) is 37.6 Å². The number of carbonyl (C=O) groups is 6. The van der Waals surface area contributed by atoms with E-state index >= 15 is 0 Å². The van der Waals surface area contributed by atoms with Crippen LogP contribution in [-0.4, -0.2) is 101 Å². The number of rotatable bonds is 16. The van der Waals surface area contributed by atoms with Gasteiger partial charge in [-0.05, 0) is 146 Å². The molecule has 2 saturated heterocycles. The fourth-order valence-corrected chi connectivity index (χ4v) is 10.8. The van der Waals surface area contributed by atoms with E-state index in [4.69, 9.17) is 9.47 Å². The number of nitrogens with one attached hydrogen (secondary N) is 3. The lowest BCUT2D eigenvalue weighted by atomic mass is 9.53. The molecule has 1 aromatic rings. The van der Waals surface area contributed by atoms with Crippen molar-refractivity contribution >= 4 is 35.9 Å². The maximum atomic E-state index is 14.0. The van der Waals surface area contributed by atoms with Gasteiger partial charge in [-0.25, -0.2) is 9.59 Å². The standard InChI is InChI=1S/C45H67N5O9/c1-44(2,3)59-43(57)50-19-15-31(16-20-50)10-12-36(11-9-30-13-17-49(18-14-30)42(55)56)40(53)46-28-38(51)47-37(24-39(52)58-29-32-7-5-4-6-8-32)41(54)48-45-25-33-21-34(26-45)23-35(22-33)27-45/h4-8,30-31,33-37H,9-29H2,1-3H3,(H,46,53)(H,47,51)(H,48,54)(H,55,56)/t33?,34?,35?,36?,37-,45?/m0/s1. The summed E-state index contributed by atoms with van der Waals surface area (Å²) in [5.74, 6) is 0.246. The molecule has 4 aliphatic carbocycles. The van der Waals surface area contributed by atoms with Crippen LogP contribution >= 0.6 is 0 Å². The number of benzene rings is 1. The first-order valence-electron chi connectivity index (χ1n) is 22.2. The molecule has 2 atom stereocenters. The molecule has 4 saturated carbocycles. The maximum absolute atomic E-state index is 14.0. The second-order valence-electron chi connectivity index (χ2n) is 19.4. The van der Waals surface area contributed by atoms with Gasteiger partial charge in [0.15, 0.2) is 0 Å². The Balaban J connectivity index is 1.04. The van der Waals surface area contributed by atoms with Gasteiger partial charge in [0.1, 0.15) is 18.2 Å². The number of hydrogen-bond donors (Lipinski definition) is 4. The first-order chi connectivity index (χ1) is 28.1. The Bertz CT molecular complexity index is 1600. The molecule has 7 rings (SSSR count). The van der Waals surface area contributed by atoms with E-state index in [1.807, 2.05) is 51.1 Å². The summed E-state index contributed by atoms with van der Waals surface area (Å²) in [6.07, 6.45) is 10.7. The largest absolute Gasteiger partial charge is 0.465 e. The molecule has 1 unspecified atom stereocenters. The summed E-state index contributed by atoms with van der Waals surface area (Å²) in [4.78, 5) is 81.7. The number of carboxylic acid groups (broad SMARTS) is 1. The average Bonchev–Trinajstić information content (AvgIpc) is 3.18. The van der Waals surface area contributed by atoms with Crippen molar-refractivity contribution in [2.45, 2.75) is 141 Å². The Morgan fingerprint density at radius 2 is 1.34 bits per heavy atom. The lowest BCUT2D eigenvalue weighted by Gasteiger charge is -2.57. The van der Waals surface area contributed by atoms with Crippen molar-refractivity contribution in [2.75, 3.05) is 32.7 Å². The van der Waals surface area contributed by atoms with Crippen molar-refractivity contribution in [3.63, 3.8) is 0 Å². The molecule has 2 aliphatic heterocycles. The normalized spacial score (nSPS) is 25.4. The Morgan fingerprint density at radius 1 is 0.797 bits per heavy atom. The molecule has 2 heterocycles. The van der Waals surface area contributed by atoms with E-state index in [-0.39, 0.29) is 43.0 Å². The quantitative estimate of drug-likeness (QED) is 0.145. The predicted molar refractivity (Wildman–Crippen MR) is 220 cm³/mol. The molecule has 59 heavy (non-hydrogen) atoms. The SMILES string of the molecule is CC(C)(C)OC(=O)N1CCC(CCC(CCC2CCN(C(=O)O)CC2)C(=O)NCC(=O)N[C@@H](CC(=O)OCc2ccccc2)C(=O)NC23CC4CC(CC(C4)C2)C3)CC1. The number of carbonyl (C=O) groups excluding carboxylic acids is 5. The molecule has 0 spiro atoms. The first-order valence-corrected chi connectivity index (χ1v) is 22.2. The number of nitrogens with zero attached hydrogens (tertiary/aromatic N) is 2. The lowest BCUT2D eigenvalue weighted by molar-refractivity contribution is -0.148. The topological polar surface area (TPSA) is 184 Å². The summed E-state index contributed by atoms with van der Waals surface area (Å²) in [6, 6.07) is 8.12. The molecular formula is C45H67N5O9. The van der Waals surface area contributed by atoms with Gasteiger partial charge in [0.05, 0.1) is 13.0 Å². The highest BCUT2D eigenvalue weighted by Crippen LogP contribution is 2.55. The van der Waals surface area contributed by atoms with Crippen molar-refractivity contribution in [2.24, 2.45) is 35.5 Å². The number of esters is 1. The van der Waals surface area contributed by atoms with Crippen molar-refractivity contribution in [3.8, 4) is 0 Å². The van der Waals surface area contributed by atoms with Gasteiger partial charge in [-0.15, -0.1) is 0 Å². The third-order valence-electron chi connectivity index (χ3n) is 13.5. The van der Waals surface area contributed by atoms with Crippen LogP contribution in [0.4, 0.5) is 9.59 Å². The van der Waals surface area contributed by atoms with Gasteiger partial charge in [-0.2, -0.15) is 0 Å². The van der Waals surface area contributed by atoms with E-state index in [1.165, 1.54) is 24.2 Å². The van der Waals surface area contributed by atoms with Gasteiger partial charge in [-0.3, -0.25) is 19.2 Å². The smallest absolute Gasteiger partial charge is 0.410 e. The average molecular weight is 822 g/mol. The van der Waals surface area contributed by atoms with Crippen LogP contribution in [0.25, 0.3) is 0 Å². The highest BCUT2D eigenvalue weighted by molar-refractivity contribution is 5.93. The van der Waals surface area contributed by atoms with Crippen molar-refractivity contribution in [3.05, 3.63) is 35.9 Å². The Hall–Kier alpha value is -4.36. The zero-order chi connectivity index (χ0) is 42.2. The van der Waals surface area contributed by atoms with Crippen LogP contribution in [0.2, 0.25) is 0 Å². The van der Waals surface area contributed by atoms with E-state index in [2.05, 4.69) is 16.0 Å². The molecule has 4 N–H and O–H groups in total. The molecule has 5 amide bonds. The minimum absolute atomic E-state index is 0.0515. The van der Waals surface area contributed by atoms with E-state index in [9.17, 15) is 33.9 Å². The summed E-state index contributed by atoms with van der Waals surface area (Å²) >= 11 is 0. The van der Waals surface area contributed by atoms with Gasteiger partial charge in [0.2, 0.25) is 17.7 Å². The fraction of sp³-hybridized carbons (Fsp3) is 0.733. The van der Waals surface area contributed by atoms with Crippen LogP contribution in [0, 0.1) is 35.5 Å². The number of likely N-dealkylation sites (tertiary alicyclic amines) is 2. The molecule has 14 heteroatoms. The summed E-state index contributed by atoms with van der Waals surface area (Å²) < 4.78 is 11.1.